The Morgan fingerprint density at radius 3 is 2.44 bits per heavy atom. The van der Waals surface area contributed by atoms with E-state index in [4.69, 9.17) is 0 Å². The standard InChI is InChI=1S/C13H18F2O/c1-13(2,3)8-7-11(16)9-5-4-6-10(14)12(9)15/h4-6,11,16H,7-8H2,1-3H3. The molecular weight excluding hydrogens is 210 g/mol. The van der Waals surface area contributed by atoms with Gasteiger partial charge in [0.25, 0.3) is 0 Å². The van der Waals surface area contributed by atoms with Gasteiger partial charge >= 0.3 is 0 Å². The van der Waals surface area contributed by atoms with E-state index in [0.717, 1.165) is 12.5 Å². The highest BCUT2D eigenvalue weighted by Gasteiger charge is 2.18. The second-order valence-electron chi connectivity index (χ2n) is 5.26. The van der Waals surface area contributed by atoms with Crippen LogP contribution in [0.1, 0.15) is 45.3 Å². The van der Waals surface area contributed by atoms with Gasteiger partial charge < -0.3 is 5.11 Å². The lowest BCUT2D eigenvalue weighted by molar-refractivity contribution is 0.142. The van der Waals surface area contributed by atoms with Crippen LogP contribution in [0, 0.1) is 17.0 Å². The maximum absolute atomic E-state index is 13.3. The molecule has 0 saturated carbocycles. The van der Waals surface area contributed by atoms with Gasteiger partial charge in [0.2, 0.25) is 0 Å². The summed E-state index contributed by atoms with van der Waals surface area (Å²) in [5, 5.41) is 9.78. The summed E-state index contributed by atoms with van der Waals surface area (Å²) < 4.78 is 26.3. The molecule has 3 heteroatoms. The minimum atomic E-state index is -0.941. The van der Waals surface area contributed by atoms with Gasteiger partial charge in [0.05, 0.1) is 6.10 Å². The number of benzene rings is 1. The summed E-state index contributed by atoms with van der Waals surface area (Å²) in [5.74, 6) is -1.85. The summed E-state index contributed by atoms with van der Waals surface area (Å²) in [5.41, 5.74) is 0.120. The molecule has 16 heavy (non-hydrogen) atoms. The Hall–Kier alpha value is -0.960. The van der Waals surface area contributed by atoms with Crippen molar-refractivity contribution in [3.05, 3.63) is 35.4 Å². The molecule has 1 rings (SSSR count). The van der Waals surface area contributed by atoms with E-state index in [2.05, 4.69) is 0 Å². The predicted molar refractivity (Wildman–Crippen MR) is 60.0 cm³/mol. The highest BCUT2D eigenvalue weighted by molar-refractivity contribution is 5.21. The third kappa shape index (κ3) is 3.56. The molecule has 0 aliphatic heterocycles. The number of halogens is 2. The Labute approximate surface area is 95.1 Å². The van der Waals surface area contributed by atoms with Crippen LogP contribution in [0.25, 0.3) is 0 Å². The van der Waals surface area contributed by atoms with Crippen LogP contribution in [0.3, 0.4) is 0 Å². The number of rotatable bonds is 3. The van der Waals surface area contributed by atoms with Gasteiger partial charge in [0.15, 0.2) is 11.6 Å². The summed E-state index contributed by atoms with van der Waals surface area (Å²) >= 11 is 0. The van der Waals surface area contributed by atoms with Gasteiger partial charge in [-0.1, -0.05) is 32.9 Å². The van der Waals surface area contributed by atoms with Crippen LogP contribution in [0.4, 0.5) is 8.78 Å². The van der Waals surface area contributed by atoms with Gasteiger partial charge in [-0.05, 0) is 24.3 Å². The van der Waals surface area contributed by atoms with Crippen LogP contribution in [-0.2, 0) is 0 Å². The van der Waals surface area contributed by atoms with E-state index in [1.807, 2.05) is 20.8 Å². The van der Waals surface area contributed by atoms with E-state index in [1.54, 1.807) is 0 Å². The summed E-state index contributed by atoms with van der Waals surface area (Å²) in [6.07, 6.45) is 0.253. The first-order chi connectivity index (χ1) is 7.31. The van der Waals surface area contributed by atoms with Gasteiger partial charge in [-0.15, -0.1) is 0 Å². The third-order valence-electron chi connectivity index (χ3n) is 2.51. The molecule has 0 radical (unpaired) electrons. The zero-order valence-corrected chi connectivity index (χ0v) is 9.93. The van der Waals surface area contributed by atoms with E-state index < -0.39 is 17.7 Å². The highest BCUT2D eigenvalue weighted by Crippen LogP contribution is 2.28. The van der Waals surface area contributed by atoms with Crippen molar-refractivity contribution in [2.45, 2.75) is 39.7 Å². The molecule has 0 fully saturated rings. The molecule has 0 saturated heterocycles. The van der Waals surface area contributed by atoms with Crippen LogP contribution in [0.15, 0.2) is 18.2 Å². The number of aliphatic hydroxyl groups excluding tert-OH is 1. The number of aliphatic hydroxyl groups is 1. The first kappa shape index (κ1) is 13.1. The molecule has 0 amide bonds. The molecule has 0 spiro atoms. The molecule has 1 aromatic rings. The Kier molecular flexibility index (Phi) is 4.03. The SMILES string of the molecule is CC(C)(C)CCC(O)c1cccc(F)c1F. The minimum Gasteiger partial charge on any atom is -0.388 e. The van der Waals surface area contributed by atoms with Crippen molar-refractivity contribution < 1.29 is 13.9 Å². The lowest BCUT2D eigenvalue weighted by atomic mass is 9.88. The fraction of sp³-hybridized carbons (Fsp3) is 0.538. The first-order valence-electron chi connectivity index (χ1n) is 5.43. The minimum absolute atomic E-state index is 0.0456. The van der Waals surface area contributed by atoms with Crippen LogP contribution >= 0.6 is 0 Å². The molecule has 1 unspecified atom stereocenters. The summed E-state index contributed by atoms with van der Waals surface area (Å²) in [6, 6.07) is 3.88. The van der Waals surface area contributed by atoms with Crippen LogP contribution in [-0.4, -0.2) is 5.11 Å². The normalized spacial score (nSPS) is 13.9. The molecule has 90 valence electrons. The molecular formula is C13H18F2O. The quantitative estimate of drug-likeness (QED) is 0.833. The number of hydrogen-bond acceptors (Lipinski definition) is 1. The van der Waals surface area contributed by atoms with E-state index in [1.165, 1.54) is 12.1 Å². The largest absolute Gasteiger partial charge is 0.388 e. The first-order valence-corrected chi connectivity index (χ1v) is 5.43. The van der Waals surface area contributed by atoms with Gasteiger partial charge in [0, 0.05) is 5.56 Å². The molecule has 0 aromatic heterocycles. The zero-order valence-electron chi connectivity index (χ0n) is 9.93. The van der Waals surface area contributed by atoms with Gasteiger partial charge in [-0.25, -0.2) is 8.78 Å². The Morgan fingerprint density at radius 1 is 1.25 bits per heavy atom. The van der Waals surface area contributed by atoms with E-state index in [0.29, 0.717) is 6.42 Å². The van der Waals surface area contributed by atoms with Crippen LogP contribution < -0.4 is 0 Å². The average Bonchev–Trinajstić information content (AvgIpc) is 2.17. The average molecular weight is 228 g/mol. The van der Waals surface area contributed by atoms with Crippen LogP contribution in [0.5, 0.6) is 0 Å². The van der Waals surface area contributed by atoms with Crippen molar-refractivity contribution in [1.82, 2.24) is 0 Å². The van der Waals surface area contributed by atoms with Crippen molar-refractivity contribution >= 4 is 0 Å². The lowest BCUT2D eigenvalue weighted by Crippen LogP contribution is -2.09. The molecule has 0 heterocycles. The molecule has 0 bridgehead atoms. The van der Waals surface area contributed by atoms with Crippen molar-refractivity contribution in [1.29, 1.82) is 0 Å². The van der Waals surface area contributed by atoms with Crippen molar-refractivity contribution in [2.24, 2.45) is 5.41 Å². The van der Waals surface area contributed by atoms with Gasteiger partial charge in [-0.2, -0.15) is 0 Å². The molecule has 0 aliphatic rings. The molecule has 1 aromatic carbocycles. The molecule has 1 nitrogen and oxygen atoms in total. The monoisotopic (exact) mass is 228 g/mol. The maximum Gasteiger partial charge on any atom is 0.164 e. The van der Waals surface area contributed by atoms with Crippen molar-refractivity contribution in [3.8, 4) is 0 Å². The predicted octanol–water partition coefficient (Wildman–Crippen LogP) is 3.82. The molecule has 0 aliphatic carbocycles. The Morgan fingerprint density at radius 2 is 1.88 bits per heavy atom. The maximum atomic E-state index is 13.3. The fourth-order valence-corrected chi connectivity index (χ4v) is 1.50. The summed E-state index contributed by atoms with van der Waals surface area (Å²) in [6.45, 7) is 6.13. The fourth-order valence-electron chi connectivity index (χ4n) is 1.50. The molecule has 1 atom stereocenters. The van der Waals surface area contributed by atoms with E-state index in [-0.39, 0.29) is 11.0 Å². The summed E-state index contributed by atoms with van der Waals surface area (Å²) in [4.78, 5) is 0. The smallest absolute Gasteiger partial charge is 0.164 e. The topological polar surface area (TPSA) is 20.2 Å². The summed E-state index contributed by atoms with van der Waals surface area (Å²) in [7, 11) is 0. The zero-order chi connectivity index (χ0) is 12.3. The highest BCUT2D eigenvalue weighted by atomic mass is 19.2. The van der Waals surface area contributed by atoms with Crippen molar-refractivity contribution in [2.75, 3.05) is 0 Å². The Balaban J connectivity index is 2.73. The van der Waals surface area contributed by atoms with E-state index >= 15 is 0 Å². The molecule has 1 N–H and O–H groups in total. The lowest BCUT2D eigenvalue weighted by Gasteiger charge is -2.20. The second kappa shape index (κ2) is 4.91. The Bertz CT molecular complexity index is 355. The van der Waals surface area contributed by atoms with Gasteiger partial charge in [-0.3, -0.25) is 0 Å². The van der Waals surface area contributed by atoms with E-state index in [9.17, 15) is 13.9 Å². The van der Waals surface area contributed by atoms with Crippen molar-refractivity contribution in [3.63, 3.8) is 0 Å². The van der Waals surface area contributed by atoms with Gasteiger partial charge in [0.1, 0.15) is 0 Å². The van der Waals surface area contributed by atoms with Crippen LogP contribution in [0.2, 0.25) is 0 Å². The number of hydrogen-bond donors (Lipinski definition) is 1. The second-order valence-corrected chi connectivity index (χ2v) is 5.26. The third-order valence-corrected chi connectivity index (χ3v) is 2.51.